The molecule has 5 aliphatic heterocycles. The number of rotatable bonds is 31. The zero-order chi connectivity index (χ0) is 71.6. The molecule has 1 spiro atoms. The van der Waals surface area contributed by atoms with Crippen molar-refractivity contribution in [2.75, 3.05) is 89.7 Å². The van der Waals surface area contributed by atoms with Gasteiger partial charge in [-0.1, -0.05) is 79.6 Å². The SMILES string of the molecule is CC[C@]1(O)C[C@H]2CN(CCc3c([nH]c4ccccc34)[C@@](COC=O)(c3cc4c(cc3OC)N(C)[C@H]3[C@@](O)(C(=O)NNC(=O)OCCSSC[C@H](CC(=O)[C@@H](NC(=O)[C@H](C)CC(=O)[C@@H](C)[C@@H](O)[C@H](O)[C@H](O)CO)[C@@H](O)[C@H](O)[C@H](O)CO)C(=O)O)[C@H](O)[C@]5(CC)C=CCN6CC[C@]43[C@@H]65)C2)C1. The maximum Gasteiger partial charge on any atom is 0.426 e. The van der Waals surface area contributed by atoms with Crippen LogP contribution in [0.4, 0.5) is 10.5 Å². The first-order valence-corrected chi connectivity index (χ1v) is 35.8. The number of hydrogen-bond donors (Lipinski definition) is 16. The number of methoxy groups -OCH3 is 1. The number of carbonyl (C=O) groups excluding carboxylic acids is 6. The second kappa shape index (κ2) is 31.1. The smallest absolute Gasteiger partial charge is 0.426 e. The van der Waals surface area contributed by atoms with Crippen LogP contribution < -0.4 is 25.8 Å². The van der Waals surface area contributed by atoms with Crippen molar-refractivity contribution in [1.29, 1.82) is 0 Å². The Labute approximate surface area is 575 Å². The molecule has 20 atom stereocenters. The monoisotopic (exact) mass is 1410 g/mol. The van der Waals surface area contributed by atoms with Gasteiger partial charge in [0.05, 0.1) is 49.4 Å². The van der Waals surface area contributed by atoms with Gasteiger partial charge in [0, 0.05) is 120 Å². The fourth-order valence-corrected chi connectivity index (χ4v) is 19.0. The van der Waals surface area contributed by atoms with E-state index in [-0.39, 0.29) is 37.1 Å². The summed E-state index contributed by atoms with van der Waals surface area (Å²) >= 11 is 0. The standard InChI is InChI=1S/C67H95N7O22S2/c1-7-63(92)26-37-27-65(33-95-34-77,55-40(14-18-73(28-37)32-63)39-12-9-10-13-43(39)68-55)42-24-41-44(25-49(42)94-6)72(5)59-66(41)16-19-74-17-11-15-64(8-2,58(66)74)60(89)67(59,93)61(90)70-71-62(91)96-20-21-97-98-31-38(57(87)88)23-46(79)50(54(85)53(84)48(81)30-76)69-56(86)35(3)22-45(78)36(4)51(82)52(83)47(80)29-75/h9-13,15,24-25,34-38,47-48,50-54,58-60,68,75-76,80-85,89,92-93H,7-8,14,16-23,26-33H2,1-6H3,(H,69,86)(H,70,90)(H,71,91)(H,87,88)/t35-,36-,37-,38+,47-,48-,50-,51-,52-,53-,54-,58+,59-,60-,63+,64-,65+,66-,67+/m1/s1. The number of hydrazine groups is 1. The number of aliphatic hydroxyl groups excluding tert-OH is 9. The number of ether oxygens (including phenoxy) is 3. The van der Waals surface area contributed by atoms with Crippen LogP contribution in [0.2, 0.25) is 0 Å². The Morgan fingerprint density at radius 2 is 1.56 bits per heavy atom. The van der Waals surface area contributed by atoms with Gasteiger partial charge in [-0.2, -0.15) is 0 Å². The van der Waals surface area contributed by atoms with Gasteiger partial charge in [-0.3, -0.25) is 44.0 Å². The number of aliphatic carboxylic acids is 1. The number of nitrogens with one attached hydrogen (secondary N) is 4. The molecule has 6 aliphatic rings. The summed E-state index contributed by atoms with van der Waals surface area (Å²) in [6.45, 7) is 7.17. The number of H-pyrrole nitrogens is 1. The summed E-state index contributed by atoms with van der Waals surface area (Å²) in [6.07, 6.45) is -10.0. The normalized spacial score (nSPS) is 30.1. The number of nitrogens with zero attached hydrogens (tertiary/aromatic N) is 3. The van der Waals surface area contributed by atoms with Crippen LogP contribution in [-0.4, -0.2) is 275 Å². The van der Waals surface area contributed by atoms with Crippen molar-refractivity contribution in [2.45, 2.75) is 162 Å². The molecule has 6 heterocycles. The maximum absolute atomic E-state index is 15.2. The van der Waals surface area contributed by atoms with Gasteiger partial charge in [0.1, 0.15) is 67.4 Å². The Morgan fingerprint density at radius 3 is 2.22 bits per heavy atom. The Bertz CT molecular complexity index is 3440. The number of likely N-dealkylation sites (N-methyl/N-ethyl adjacent to an activating group) is 1. The molecule has 3 aromatic rings. The van der Waals surface area contributed by atoms with Gasteiger partial charge in [-0.25, -0.2) is 10.2 Å². The van der Waals surface area contributed by atoms with Crippen LogP contribution in [0.3, 0.4) is 0 Å². The highest BCUT2D eigenvalue weighted by Gasteiger charge is 2.79. The van der Waals surface area contributed by atoms with E-state index in [4.69, 9.17) is 19.3 Å². The van der Waals surface area contributed by atoms with Crippen molar-refractivity contribution in [3.8, 4) is 5.75 Å². The second-order valence-electron chi connectivity index (χ2n) is 27.6. The first-order valence-electron chi connectivity index (χ1n) is 33.3. The van der Waals surface area contributed by atoms with Crippen molar-refractivity contribution in [3.63, 3.8) is 0 Å². The Balaban J connectivity index is 0.906. The highest BCUT2D eigenvalue weighted by molar-refractivity contribution is 8.76. The molecule has 1 aromatic heterocycles. The van der Waals surface area contributed by atoms with E-state index < -0.39 is 168 Å². The third kappa shape index (κ3) is 14.1. The van der Waals surface area contributed by atoms with E-state index in [0.29, 0.717) is 88.3 Å². The first-order chi connectivity index (χ1) is 46.5. The van der Waals surface area contributed by atoms with E-state index in [1.54, 1.807) is 19.1 Å². The number of anilines is 1. The number of Topliss-reactive ketones (excluding diaryl/α,β-unsaturated/α-hetero) is 2. The Kier molecular flexibility index (Phi) is 24.2. The van der Waals surface area contributed by atoms with Crippen molar-refractivity contribution >= 4 is 80.1 Å². The minimum atomic E-state index is -2.67. The lowest BCUT2D eigenvalue weighted by Crippen LogP contribution is -2.82. The maximum atomic E-state index is 15.2. The van der Waals surface area contributed by atoms with Gasteiger partial charge in [0.15, 0.2) is 11.4 Å². The molecule has 542 valence electrons. The summed E-state index contributed by atoms with van der Waals surface area (Å²) < 4.78 is 17.8. The number of aliphatic hydroxyl groups is 11. The van der Waals surface area contributed by atoms with E-state index in [1.807, 2.05) is 50.3 Å². The van der Waals surface area contributed by atoms with E-state index in [0.717, 1.165) is 49.3 Å². The zero-order valence-corrected chi connectivity index (χ0v) is 57.5. The molecule has 2 saturated heterocycles. The average Bonchev–Trinajstić information content (AvgIpc) is 1.46. The summed E-state index contributed by atoms with van der Waals surface area (Å²) in [6, 6.07) is 8.25. The summed E-state index contributed by atoms with van der Waals surface area (Å²) in [5, 5.41) is 133. The lowest BCUT2D eigenvalue weighted by atomic mass is 9.47. The van der Waals surface area contributed by atoms with Gasteiger partial charge in [0.25, 0.3) is 12.4 Å². The lowest BCUT2D eigenvalue weighted by molar-refractivity contribution is -0.204. The second-order valence-corrected chi connectivity index (χ2v) is 30.2. The zero-order valence-electron chi connectivity index (χ0n) is 55.8. The minimum absolute atomic E-state index is 0.0113. The molecule has 1 unspecified atom stereocenters. The average molecular weight is 1410 g/mol. The fraction of sp³-hybridized carbons (Fsp3) is 0.657. The number of piperidine rings is 1. The minimum Gasteiger partial charge on any atom is -0.496 e. The molecule has 3 fully saturated rings. The molecular formula is C67H95N7O22S2. The predicted molar refractivity (Wildman–Crippen MR) is 357 cm³/mol. The molecule has 16 N–H and O–H groups in total. The van der Waals surface area contributed by atoms with Gasteiger partial charge in [-0.05, 0) is 74.2 Å². The number of aromatic amines is 1. The number of carboxylic acid groups (broad SMARTS) is 1. The van der Waals surface area contributed by atoms with Crippen molar-refractivity contribution in [1.82, 2.24) is 31.0 Å². The first kappa shape index (κ1) is 76.2. The van der Waals surface area contributed by atoms with Crippen molar-refractivity contribution in [3.05, 3.63) is 70.9 Å². The van der Waals surface area contributed by atoms with Crippen molar-refractivity contribution in [2.24, 2.45) is 29.1 Å². The number of amides is 3. The van der Waals surface area contributed by atoms with E-state index in [9.17, 15) is 84.9 Å². The van der Waals surface area contributed by atoms with Crippen LogP contribution in [0, 0.1) is 29.1 Å². The van der Waals surface area contributed by atoms with Crippen LogP contribution in [0.1, 0.15) is 95.0 Å². The predicted octanol–water partition coefficient (Wildman–Crippen LogP) is -1.09. The number of benzene rings is 2. The molecular weight excluding hydrogens is 1320 g/mol. The number of fused-ring (bicyclic) bond motifs is 6. The molecule has 31 heteroatoms. The number of carbonyl (C=O) groups is 7. The van der Waals surface area contributed by atoms with Crippen LogP contribution in [0.25, 0.3) is 10.9 Å². The highest BCUT2D eigenvalue weighted by Crippen LogP contribution is 2.68. The molecule has 1 aliphatic carbocycles. The molecule has 2 bridgehead atoms. The highest BCUT2D eigenvalue weighted by atomic mass is 33.1. The number of para-hydroxylation sites is 1. The molecule has 98 heavy (non-hydrogen) atoms. The van der Waals surface area contributed by atoms with Gasteiger partial charge in [-0.15, -0.1) is 0 Å². The van der Waals surface area contributed by atoms with Crippen LogP contribution in [0.15, 0.2) is 48.6 Å². The molecule has 0 radical (unpaired) electrons. The molecule has 1 saturated carbocycles. The number of carboxylic acids is 1. The van der Waals surface area contributed by atoms with Crippen LogP contribution >= 0.6 is 21.6 Å². The Hall–Kier alpha value is -6.01. The van der Waals surface area contributed by atoms with Crippen molar-refractivity contribution < 1.29 is 109 Å². The summed E-state index contributed by atoms with van der Waals surface area (Å²) in [7, 11) is 5.26. The molecule has 9 rings (SSSR count). The lowest BCUT2D eigenvalue weighted by Gasteiger charge is -2.63. The quantitative estimate of drug-likeness (QED) is 0.0120. The summed E-state index contributed by atoms with van der Waals surface area (Å²) in [5.41, 5.74) is 2.28. The van der Waals surface area contributed by atoms with E-state index in [2.05, 4.69) is 43.1 Å². The third-order valence-electron chi connectivity index (χ3n) is 21.9. The number of ketones is 2. The Morgan fingerprint density at radius 1 is 0.857 bits per heavy atom. The topological polar surface area (TPSA) is 452 Å². The molecule has 29 nitrogen and oxygen atoms in total. The summed E-state index contributed by atoms with van der Waals surface area (Å²) in [4.78, 5) is 104. The number of aromatic nitrogens is 1. The molecule has 2 aromatic carbocycles. The largest absolute Gasteiger partial charge is 0.496 e. The fourth-order valence-electron chi connectivity index (χ4n) is 16.9. The number of hydrogen-bond acceptors (Lipinski definition) is 26. The van der Waals surface area contributed by atoms with Gasteiger partial charge >= 0.3 is 12.1 Å². The summed E-state index contributed by atoms with van der Waals surface area (Å²) in [5.74, 6) is -9.76. The molecule has 3 amide bonds. The van der Waals surface area contributed by atoms with Crippen LogP contribution in [0.5, 0.6) is 5.75 Å². The van der Waals surface area contributed by atoms with Gasteiger partial charge < -0.3 is 90.7 Å². The third-order valence-corrected chi connectivity index (χ3v) is 24.3. The van der Waals surface area contributed by atoms with Crippen LogP contribution in [-0.2, 0) is 55.5 Å². The van der Waals surface area contributed by atoms with E-state index in [1.165, 1.54) is 13.8 Å². The van der Waals surface area contributed by atoms with E-state index >= 15 is 4.79 Å². The van der Waals surface area contributed by atoms with Gasteiger partial charge in [0.2, 0.25) is 5.91 Å².